The van der Waals surface area contributed by atoms with E-state index in [1.54, 1.807) is 6.92 Å². The van der Waals surface area contributed by atoms with Gasteiger partial charge in [-0.15, -0.1) is 4.33 Å². The summed E-state index contributed by atoms with van der Waals surface area (Å²) in [7, 11) is -13.0. The quantitative estimate of drug-likeness (QED) is 0.133. The summed E-state index contributed by atoms with van der Waals surface area (Å²) in [5, 5.41) is 11.9. The first kappa shape index (κ1) is 28.8. The Bertz CT molecular complexity index is 1650. The number of aryl methyl sites for hydroxylation is 1. The SMILES string of the molecule is COc1ccc(Oc2ccc(S(=O)(=O)c3ccc(C)c(SOOO)c3)cc2S(=O)(=O)O)cc1S(=O)(=O)O. The van der Waals surface area contributed by atoms with Crippen molar-refractivity contribution in [3.63, 3.8) is 0 Å². The molecule has 0 unspecified atom stereocenters. The van der Waals surface area contributed by atoms with Crippen molar-refractivity contribution in [3.05, 3.63) is 60.2 Å². The van der Waals surface area contributed by atoms with Crippen LogP contribution in [0.1, 0.15) is 5.56 Å². The van der Waals surface area contributed by atoms with Gasteiger partial charge < -0.3 is 9.47 Å². The van der Waals surface area contributed by atoms with E-state index in [1.807, 2.05) is 0 Å². The summed E-state index contributed by atoms with van der Waals surface area (Å²) in [6.45, 7) is 1.63. The predicted octanol–water partition coefficient (Wildman–Crippen LogP) is 3.55. The minimum atomic E-state index is -5.05. The van der Waals surface area contributed by atoms with Crippen molar-refractivity contribution < 1.29 is 58.5 Å². The van der Waals surface area contributed by atoms with Crippen molar-refractivity contribution >= 4 is 42.1 Å². The minimum absolute atomic E-state index is 0.224. The second kappa shape index (κ2) is 10.9. The molecule has 0 fully saturated rings. The molecule has 0 radical (unpaired) electrons. The largest absolute Gasteiger partial charge is 0.495 e. The molecule has 37 heavy (non-hydrogen) atoms. The highest BCUT2D eigenvalue weighted by atomic mass is 32.2. The lowest BCUT2D eigenvalue weighted by Crippen LogP contribution is -2.07. The molecule has 3 aromatic rings. The fourth-order valence-electron chi connectivity index (χ4n) is 3.02. The maximum Gasteiger partial charge on any atom is 0.298 e. The van der Waals surface area contributed by atoms with Crippen LogP contribution in [0.2, 0.25) is 0 Å². The highest BCUT2D eigenvalue weighted by Gasteiger charge is 2.26. The van der Waals surface area contributed by atoms with E-state index < -0.39 is 50.5 Å². The topological polar surface area (TPSA) is 200 Å². The monoisotopic (exact) mass is 594 g/mol. The summed E-state index contributed by atoms with van der Waals surface area (Å²) < 4.78 is 108. The van der Waals surface area contributed by atoms with Crippen LogP contribution >= 0.6 is 12.0 Å². The predicted molar refractivity (Wildman–Crippen MR) is 126 cm³/mol. The number of sulfone groups is 1. The molecule has 3 N–H and O–H groups in total. The van der Waals surface area contributed by atoms with Crippen LogP contribution < -0.4 is 9.47 Å². The van der Waals surface area contributed by atoms with E-state index >= 15 is 0 Å². The molecule has 13 nitrogen and oxygen atoms in total. The molecule has 0 aliphatic carbocycles. The smallest absolute Gasteiger partial charge is 0.298 e. The molecule has 200 valence electrons. The van der Waals surface area contributed by atoms with E-state index in [2.05, 4.69) is 9.37 Å². The Morgan fingerprint density at radius 2 is 1.32 bits per heavy atom. The molecule has 0 saturated carbocycles. The standard InChI is InChI=1S/C20H18O13S4/c1-12-3-5-14(10-18(12)34-33-32-21)35(22,23)15-6-8-17(20(11-15)37(27,28)29)31-13-4-7-16(30-2)19(9-13)36(24,25)26/h3-11,21H,1-2H3,(H,24,25,26)(H,27,28,29). The Labute approximate surface area is 216 Å². The van der Waals surface area contributed by atoms with Crippen molar-refractivity contribution in [3.8, 4) is 17.2 Å². The van der Waals surface area contributed by atoms with Gasteiger partial charge in [0.15, 0.2) is 0 Å². The Morgan fingerprint density at radius 1 is 0.757 bits per heavy atom. The average Bonchev–Trinajstić information content (AvgIpc) is 2.82. The van der Waals surface area contributed by atoms with E-state index in [9.17, 15) is 34.4 Å². The third-order valence-electron chi connectivity index (χ3n) is 4.77. The van der Waals surface area contributed by atoms with Gasteiger partial charge in [-0.3, -0.25) is 9.11 Å². The van der Waals surface area contributed by atoms with Gasteiger partial charge in [0.2, 0.25) is 9.84 Å². The molecule has 0 bridgehead atoms. The molecule has 0 heterocycles. The van der Waals surface area contributed by atoms with Crippen molar-refractivity contribution in [2.75, 3.05) is 7.11 Å². The second-order valence-electron chi connectivity index (χ2n) is 7.13. The molecule has 0 aromatic heterocycles. The number of rotatable bonds is 10. The molecule has 0 saturated heterocycles. The first-order valence-electron chi connectivity index (χ1n) is 9.64. The molecule has 3 rings (SSSR count). The van der Waals surface area contributed by atoms with Gasteiger partial charge in [-0.1, -0.05) is 11.1 Å². The molecule has 0 amide bonds. The van der Waals surface area contributed by atoms with E-state index in [0.717, 1.165) is 31.4 Å². The van der Waals surface area contributed by atoms with Crippen LogP contribution in [0.3, 0.4) is 0 Å². The molecule has 0 aliphatic rings. The van der Waals surface area contributed by atoms with Crippen LogP contribution in [0.5, 0.6) is 17.2 Å². The molecular weight excluding hydrogens is 576 g/mol. The van der Waals surface area contributed by atoms with Gasteiger partial charge in [0.05, 0.1) is 28.9 Å². The average molecular weight is 595 g/mol. The molecule has 0 aliphatic heterocycles. The Morgan fingerprint density at radius 3 is 1.92 bits per heavy atom. The van der Waals surface area contributed by atoms with Crippen LogP contribution in [0.25, 0.3) is 0 Å². The lowest BCUT2D eigenvalue weighted by molar-refractivity contribution is -0.432. The summed E-state index contributed by atoms with van der Waals surface area (Å²) in [4.78, 5) is -2.15. The molecule has 0 atom stereocenters. The number of hydrogen-bond donors (Lipinski definition) is 3. The molecule has 3 aromatic carbocycles. The summed E-state index contributed by atoms with van der Waals surface area (Å²) in [5.74, 6) is -1.04. The lowest BCUT2D eigenvalue weighted by Gasteiger charge is -2.14. The highest BCUT2D eigenvalue weighted by molar-refractivity contribution is 7.94. The second-order valence-corrected chi connectivity index (χ2v) is 12.6. The fraction of sp³-hybridized carbons (Fsp3) is 0.100. The van der Waals surface area contributed by atoms with Gasteiger partial charge in [0, 0.05) is 11.0 Å². The van der Waals surface area contributed by atoms with Crippen molar-refractivity contribution in [2.24, 2.45) is 0 Å². The zero-order chi connectivity index (χ0) is 27.6. The Balaban J connectivity index is 2.09. The number of methoxy groups -OCH3 is 1. The zero-order valence-electron chi connectivity index (χ0n) is 18.8. The lowest BCUT2D eigenvalue weighted by atomic mass is 10.2. The van der Waals surface area contributed by atoms with Gasteiger partial charge in [-0.2, -0.15) is 16.8 Å². The van der Waals surface area contributed by atoms with Crippen LogP contribution in [0.15, 0.2) is 79.1 Å². The maximum atomic E-state index is 13.2. The summed E-state index contributed by atoms with van der Waals surface area (Å²) in [6, 6.07) is 9.66. The van der Waals surface area contributed by atoms with Gasteiger partial charge >= 0.3 is 0 Å². The Kier molecular flexibility index (Phi) is 8.52. The molecule has 17 heteroatoms. The summed E-state index contributed by atoms with van der Waals surface area (Å²) >= 11 is 0.527. The van der Waals surface area contributed by atoms with Crippen LogP contribution in [0.4, 0.5) is 0 Å². The van der Waals surface area contributed by atoms with E-state index in [1.165, 1.54) is 24.3 Å². The van der Waals surface area contributed by atoms with Gasteiger partial charge in [0.25, 0.3) is 20.2 Å². The van der Waals surface area contributed by atoms with Gasteiger partial charge in [-0.05, 0) is 55.0 Å². The van der Waals surface area contributed by atoms with E-state index in [-0.39, 0.29) is 21.3 Å². The first-order valence-corrected chi connectivity index (χ1v) is 14.7. The number of ether oxygens (including phenoxy) is 2. The third kappa shape index (κ3) is 6.58. The molecule has 0 spiro atoms. The molecular formula is C20H18O13S4. The first-order chi connectivity index (χ1) is 17.2. The highest BCUT2D eigenvalue weighted by Crippen LogP contribution is 2.36. The summed E-state index contributed by atoms with van der Waals surface area (Å²) in [6.07, 6.45) is 0. The Hall–Kier alpha value is -2.74. The zero-order valence-corrected chi connectivity index (χ0v) is 22.0. The normalized spacial score (nSPS) is 12.4. The van der Waals surface area contributed by atoms with E-state index in [0.29, 0.717) is 23.7 Å². The fourth-order valence-corrected chi connectivity index (χ4v) is 6.27. The van der Waals surface area contributed by atoms with Crippen molar-refractivity contribution in [1.82, 2.24) is 0 Å². The van der Waals surface area contributed by atoms with E-state index in [4.69, 9.17) is 14.7 Å². The van der Waals surface area contributed by atoms with Gasteiger partial charge in [-0.25, -0.2) is 13.7 Å². The minimum Gasteiger partial charge on any atom is -0.495 e. The number of benzene rings is 3. The number of hydrogen-bond acceptors (Lipinski definition) is 12. The third-order valence-corrected chi connectivity index (χ3v) is 9.02. The maximum absolute atomic E-state index is 13.2. The van der Waals surface area contributed by atoms with Crippen molar-refractivity contribution in [2.45, 2.75) is 31.4 Å². The van der Waals surface area contributed by atoms with Crippen LogP contribution in [-0.4, -0.2) is 46.7 Å². The van der Waals surface area contributed by atoms with Crippen molar-refractivity contribution in [1.29, 1.82) is 0 Å². The van der Waals surface area contributed by atoms with Gasteiger partial charge in [0.1, 0.15) is 27.0 Å². The summed E-state index contributed by atoms with van der Waals surface area (Å²) in [5.41, 5.74) is 0.576. The van der Waals surface area contributed by atoms with Crippen LogP contribution in [0, 0.1) is 6.92 Å². The van der Waals surface area contributed by atoms with Crippen LogP contribution in [-0.2, 0) is 39.4 Å².